The standard InChI is InChI=1S/C10H17N3/c1-7(2)9(5-11)10-4-8(3)12-6-13-10/h4,6-7,9H,5,11H2,1-3H3/t9-/m0/s1. The Morgan fingerprint density at radius 3 is 2.54 bits per heavy atom. The average Bonchev–Trinajstić information content (AvgIpc) is 2.04. The van der Waals surface area contributed by atoms with Crippen LogP contribution in [0.1, 0.15) is 31.2 Å². The summed E-state index contributed by atoms with van der Waals surface area (Å²) >= 11 is 0. The number of hydrogen-bond donors (Lipinski definition) is 1. The van der Waals surface area contributed by atoms with Crippen molar-refractivity contribution >= 4 is 0 Å². The molecule has 0 radical (unpaired) electrons. The van der Waals surface area contributed by atoms with Gasteiger partial charge >= 0.3 is 0 Å². The highest BCUT2D eigenvalue weighted by Gasteiger charge is 2.15. The first-order chi connectivity index (χ1) is 6.15. The highest BCUT2D eigenvalue weighted by molar-refractivity contribution is 5.12. The van der Waals surface area contributed by atoms with Crippen molar-refractivity contribution in [2.45, 2.75) is 26.7 Å². The molecule has 3 heteroatoms. The molecular formula is C10H17N3. The van der Waals surface area contributed by atoms with Crippen molar-refractivity contribution in [2.75, 3.05) is 6.54 Å². The zero-order chi connectivity index (χ0) is 9.84. The molecule has 0 amide bonds. The lowest BCUT2D eigenvalue weighted by Crippen LogP contribution is -2.19. The van der Waals surface area contributed by atoms with E-state index in [1.54, 1.807) is 6.33 Å². The molecule has 0 fully saturated rings. The number of hydrogen-bond acceptors (Lipinski definition) is 3. The number of nitrogens with two attached hydrogens (primary N) is 1. The van der Waals surface area contributed by atoms with Gasteiger partial charge in [-0.2, -0.15) is 0 Å². The van der Waals surface area contributed by atoms with E-state index in [2.05, 4.69) is 23.8 Å². The summed E-state index contributed by atoms with van der Waals surface area (Å²) in [6.07, 6.45) is 1.61. The van der Waals surface area contributed by atoms with Crippen molar-refractivity contribution in [3.8, 4) is 0 Å². The van der Waals surface area contributed by atoms with E-state index >= 15 is 0 Å². The lowest BCUT2D eigenvalue weighted by atomic mass is 9.92. The predicted molar refractivity (Wildman–Crippen MR) is 53.4 cm³/mol. The molecule has 13 heavy (non-hydrogen) atoms. The Hall–Kier alpha value is -0.960. The van der Waals surface area contributed by atoms with E-state index in [1.807, 2.05) is 13.0 Å². The fraction of sp³-hybridized carbons (Fsp3) is 0.600. The third kappa shape index (κ3) is 2.49. The minimum absolute atomic E-state index is 0.349. The molecule has 0 aromatic carbocycles. The molecule has 3 nitrogen and oxygen atoms in total. The topological polar surface area (TPSA) is 51.8 Å². The Morgan fingerprint density at radius 2 is 2.08 bits per heavy atom. The molecule has 0 bridgehead atoms. The summed E-state index contributed by atoms with van der Waals surface area (Å²) in [7, 11) is 0. The predicted octanol–water partition coefficient (Wildman–Crippen LogP) is 1.48. The second kappa shape index (κ2) is 4.33. The zero-order valence-corrected chi connectivity index (χ0v) is 8.49. The number of nitrogens with zero attached hydrogens (tertiary/aromatic N) is 2. The fourth-order valence-corrected chi connectivity index (χ4v) is 1.41. The molecule has 1 aromatic heterocycles. The Kier molecular flexibility index (Phi) is 3.37. The van der Waals surface area contributed by atoms with E-state index in [9.17, 15) is 0 Å². The Labute approximate surface area is 79.4 Å². The van der Waals surface area contributed by atoms with Gasteiger partial charge < -0.3 is 5.73 Å². The van der Waals surface area contributed by atoms with Crippen molar-refractivity contribution in [1.29, 1.82) is 0 Å². The quantitative estimate of drug-likeness (QED) is 0.764. The van der Waals surface area contributed by atoms with E-state index in [0.717, 1.165) is 11.4 Å². The first-order valence-electron chi connectivity index (χ1n) is 4.63. The monoisotopic (exact) mass is 179 g/mol. The van der Waals surface area contributed by atoms with Crippen LogP contribution in [0.15, 0.2) is 12.4 Å². The van der Waals surface area contributed by atoms with Crippen molar-refractivity contribution < 1.29 is 0 Å². The molecule has 0 saturated heterocycles. The van der Waals surface area contributed by atoms with E-state index < -0.39 is 0 Å². The summed E-state index contributed by atoms with van der Waals surface area (Å²) < 4.78 is 0. The highest BCUT2D eigenvalue weighted by Crippen LogP contribution is 2.20. The molecular weight excluding hydrogens is 162 g/mol. The lowest BCUT2D eigenvalue weighted by Gasteiger charge is -2.17. The number of aryl methyl sites for hydroxylation is 1. The van der Waals surface area contributed by atoms with Crippen LogP contribution in [0.4, 0.5) is 0 Å². The van der Waals surface area contributed by atoms with E-state index in [0.29, 0.717) is 18.4 Å². The van der Waals surface area contributed by atoms with Gasteiger partial charge in [-0.3, -0.25) is 0 Å². The van der Waals surface area contributed by atoms with Gasteiger partial charge in [0.05, 0.1) is 0 Å². The smallest absolute Gasteiger partial charge is 0.115 e. The van der Waals surface area contributed by atoms with Crippen LogP contribution in [0.3, 0.4) is 0 Å². The molecule has 1 heterocycles. The minimum Gasteiger partial charge on any atom is -0.330 e. The van der Waals surface area contributed by atoms with Gasteiger partial charge in [0.25, 0.3) is 0 Å². The van der Waals surface area contributed by atoms with Gasteiger partial charge in [0.1, 0.15) is 6.33 Å². The lowest BCUT2D eigenvalue weighted by molar-refractivity contribution is 0.494. The molecule has 1 aromatic rings. The van der Waals surface area contributed by atoms with Gasteiger partial charge in [-0.25, -0.2) is 9.97 Å². The van der Waals surface area contributed by atoms with Crippen LogP contribution in [-0.4, -0.2) is 16.5 Å². The summed E-state index contributed by atoms with van der Waals surface area (Å²) in [5, 5.41) is 0. The normalized spacial score (nSPS) is 13.3. The maximum atomic E-state index is 5.70. The minimum atomic E-state index is 0.349. The van der Waals surface area contributed by atoms with Crippen LogP contribution in [0.2, 0.25) is 0 Å². The van der Waals surface area contributed by atoms with E-state index in [4.69, 9.17) is 5.73 Å². The summed E-state index contributed by atoms with van der Waals surface area (Å²) in [6.45, 7) is 6.94. The summed E-state index contributed by atoms with van der Waals surface area (Å²) in [5.74, 6) is 0.876. The molecule has 1 atom stereocenters. The first kappa shape index (κ1) is 10.1. The molecule has 0 aliphatic heterocycles. The van der Waals surface area contributed by atoms with Crippen molar-refractivity contribution in [2.24, 2.45) is 11.7 Å². The van der Waals surface area contributed by atoms with Gasteiger partial charge in [0, 0.05) is 23.9 Å². The molecule has 0 unspecified atom stereocenters. The van der Waals surface area contributed by atoms with Crippen molar-refractivity contribution in [3.63, 3.8) is 0 Å². The molecule has 0 aliphatic rings. The van der Waals surface area contributed by atoms with Crippen LogP contribution in [0, 0.1) is 12.8 Å². The summed E-state index contributed by atoms with van der Waals surface area (Å²) in [4.78, 5) is 8.30. The largest absolute Gasteiger partial charge is 0.330 e. The second-order valence-corrected chi connectivity index (χ2v) is 3.67. The molecule has 1 rings (SSSR count). The third-order valence-electron chi connectivity index (χ3n) is 2.26. The van der Waals surface area contributed by atoms with Crippen LogP contribution in [-0.2, 0) is 0 Å². The van der Waals surface area contributed by atoms with Gasteiger partial charge in [-0.1, -0.05) is 13.8 Å². The van der Waals surface area contributed by atoms with Crippen molar-refractivity contribution in [1.82, 2.24) is 9.97 Å². The second-order valence-electron chi connectivity index (χ2n) is 3.67. The van der Waals surface area contributed by atoms with Crippen LogP contribution < -0.4 is 5.73 Å². The average molecular weight is 179 g/mol. The van der Waals surface area contributed by atoms with E-state index in [-0.39, 0.29) is 0 Å². The molecule has 72 valence electrons. The maximum Gasteiger partial charge on any atom is 0.115 e. The Balaban J connectivity index is 2.91. The fourth-order valence-electron chi connectivity index (χ4n) is 1.41. The van der Waals surface area contributed by atoms with Crippen LogP contribution in [0.5, 0.6) is 0 Å². The summed E-state index contributed by atoms with van der Waals surface area (Å²) in [5.41, 5.74) is 7.76. The zero-order valence-electron chi connectivity index (χ0n) is 8.49. The third-order valence-corrected chi connectivity index (χ3v) is 2.26. The van der Waals surface area contributed by atoms with Gasteiger partial charge in [-0.05, 0) is 18.9 Å². The SMILES string of the molecule is Cc1cc([C@@H](CN)C(C)C)ncn1. The van der Waals surface area contributed by atoms with Gasteiger partial charge in [0.2, 0.25) is 0 Å². The number of aromatic nitrogens is 2. The molecule has 2 N–H and O–H groups in total. The van der Waals surface area contributed by atoms with E-state index in [1.165, 1.54) is 0 Å². The van der Waals surface area contributed by atoms with Crippen LogP contribution >= 0.6 is 0 Å². The van der Waals surface area contributed by atoms with Gasteiger partial charge in [-0.15, -0.1) is 0 Å². The number of rotatable bonds is 3. The van der Waals surface area contributed by atoms with Crippen molar-refractivity contribution in [3.05, 3.63) is 23.8 Å². The summed E-state index contributed by atoms with van der Waals surface area (Å²) in [6, 6.07) is 2.01. The van der Waals surface area contributed by atoms with Gasteiger partial charge in [0.15, 0.2) is 0 Å². The first-order valence-corrected chi connectivity index (χ1v) is 4.63. The Bertz CT molecular complexity index is 271. The molecule has 0 saturated carbocycles. The molecule has 0 aliphatic carbocycles. The Morgan fingerprint density at radius 1 is 1.38 bits per heavy atom. The highest BCUT2D eigenvalue weighted by atomic mass is 14.8. The maximum absolute atomic E-state index is 5.70. The van der Waals surface area contributed by atoms with Crippen LogP contribution in [0.25, 0.3) is 0 Å². The molecule has 0 spiro atoms.